The van der Waals surface area contributed by atoms with Gasteiger partial charge in [-0.2, -0.15) is 0 Å². The number of benzene rings is 1. The fourth-order valence-corrected chi connectivity index (χ4v) is 2.29. The van der Waals surface area contributed by atoms with Crippen LogP contribution in [0.25, 0.3) is 10.9 Å². The monoisotopic (exact) mass is 254 g/mol. The Kier molecular flexibility index (Phi) is 4.69. The van der Waals surface area contributed by atoms with E-state index in [-0.39, 0.29) is 0 Å². The second-order valence-corrected chi connectivity index (χ2v) is 5.12. The van der Waals surface area contributed by atoms with E-state index in [1.54, 1.807) is 0 Å². The molecule has 0 aliphatic carbocycles. The number of rotatable bonds is 6. The lowest BCUT2D eigenvalue weighted by molar-refractivity contribution is 0.528. The van der Waals surface area contributed by atoms with E-state index in [1.807, 2.05) is 12.3 Å². The van der Waals surface area contributed by atoms with Gasteiger partial charge in [0.15, 0.2) is 0 Å². The Morgan fingerprint density at radius 2 is 2.21 bits per heavy atom. The zero-order valence-corrected chi connectivity index (χ0v) is 11.8. The standard InChI is InChI=1S/C17H22N2/c1-4-9-18-17(11-13(2)3)15-7-8-16-14(12-15)6-5-10-19-16/h5-8,10,12,17-18H,2,4,9,11H2,1,3H3. The highest BCUT2D eigenvalue weighted by molar-refractivity contribution is 5.79. The fourth-order valence-electron chi connectivity index (χ4n) is 2.29. The van der Waals surface area contributed by atoms with Gasteiger partial charge in [-0.3, -0.25) is 4.98 Å². The topological polar surface area (TPSA) is 24.9 Å². The molecule has 2 rings (SSSR count). The van der Waals surface area contributed by atoms with Gasteiger partial charge in [0.1, 0.15) is 0 Å². The first-order chi connectivity index (χ1) is 9.20. The molecule has 0 aliphatic rings. The van der Waals surface area contributed by atoms with Gasteiger partial charge in [0.25, 0.3) is 0 Å². The average Bonchev–Trinajstić information content (AvgIpc) is 2.42. The molecule has 2 heteroatoms. The van der Waals surface area contributed by atoms with E-state index in [0.717, 1.165) is 24.9 Å². The summed E-state index contributed by atoms with van der Waals surface area (Å²) in [6.45, 7) is 9.35. The minimum Gasteiger partial charge on any atom is -0.310 e. The molecule has 19 heavy (non-hydrogen) atoms. The van der Waals surface area contributed by atoms with Crippen LogP contribution in [0, 0.1) is 0 Å². The van der Waals surface area contributed by atoms with Crippen molar-refractivity contribution in [2.75, 3.05) is 6.54 Å². The van der Waals surface area contributed by atoms with Crippen LogP contribution >= 0.6 is 0 Å². The number of hydrogen-bond donors (Lipinski definition) is 1. The fraction of sp³-hybridized carbons (Fsp3) is 0.353. The maximum absolute atomic E-state index is 4.37. The molecule has 2 nitrogen and oxygen atoms in total. The maximum Gasteiger partial charge on any atom is 0.0702 e. The summed E-state index contributed by atoms with van der Waals surface area (Å²) in [7, 11) is 0. The van der Waals surface area contributed by atoms with E-state index >= 15 is 0 Å². The van der Waals surface area contributed by atoms with Crippen molar-refractivity contribution in [2.45, 2.75) is 32.7 Å². The van der Waals surface area contributed by atoms with Crippen molar-refractivity contribution in [3.8, 4) is 0 Å². The number of hydrogen-bond acceptors (Lipinski definition) is 2. The number of pyridine rings is 1. The van der Waals surface area contributed by atoms with Gasteiger partial charge in [-0.25, -0.2) is 0 Å². The van der Waals surface area contributed by atoms with Crippen molar-refractivity contribution in [3.63, 3.8) is 0 Å². The van der Waals surface area contributed by atoms with Crippen molar-refractivity contribution in [1.82, 2.24) is 10.3 Å². The molecular weight excluding hydrogens is 232 g/mol. The predicted molar refractivity (Wildman–Crippen MR) is 82.2 cm³/mol. The van der Waals surface area contributed by atoms with Gasteiger partial charge in [-0.1, -0.05) is 24.6 Å². The average molecular weight is 254 g/mol. The highest BCUT2D eigenvalue weighted by Gasteiger charge is 2.11. The Hall–Kier alpha value is -1.67. The minimum absolute atomic E-state index is 0.349. The normalized spacial score (nSPS) is 12.5. The lowest BCUT2D eigenvalue weighted by Crippen LogP contribution is -2.22. The molecule has 0 saturated carbocycles. The van der Waals surface area contributed by atoms with Crippen molar-refractivity contribution in [2.24, 2.45) is 0 Å². The number of nitrogens with one attached hydrogen (secondary N) is 1. The zero-order valence-electron chi connectivity index (χ0n) is 11.8. The second kappa shape index (κ2) is 6.48. The third-order valence-corrected chi connectivity index (χ3v) is 3.22. The Morgan fingerprint density at radius 1 is 1.37 bits per heavy atom. The van der Waals surface area contributed by atoms with Crippen molar-refractivity contribution < 1.29 is 0 Å². The summed E-state index contributed by atoms with van der Waals surface area (Å²) in [6.07, 6.45) is 3.95. The lowest BCUT2D eigenvalue weighted by Gasteiger charge is -2.19. The molecule has 0 spiro atoms. The van der Waals surface area contributed by atoms with E-state index < -0.39 is 0 Å². The molecular formula is C17H22N2. The Balaban J connectivity index is 2.29. The Bertz CT molecular complexity index is 560. The van der Waals surface area contributed by atoms with E-state index in [1.165, 1.54) is 16.5 Å². The SMILES string of the molecule is C=C(C)CC(NCCC)c1ccc2ncccc2c1. The van der Waals surface area contributed by atoms with Crippen LogP contribution in [0.1, 0.15) is 38.3 Å². The summed E-state index contributed by atoms with van der Waals surface area (Å²) < 4.78 is 0. The van der Waals surface area contributed by atoms with Crippen LogP contribution in [0.5, 0.6) is 0 Å². The summed E-state index contributed by atoms with van der Waals surface area (Å²) in [5.74, 6) is 0. The Labute approximate surface area is 115 Å². The molecule has 0 bridgehead atoms. The molecule has 1 heterocycles. The molecule has 1 aromatic carbocycles. The van der Waals surface area contributed by atoms with Crippen LogP contribution in [0.2, 0.25) is 0 Å². The van der Waals surface area contributed by atoms with E-state index in [2.05, 4.69) is 55.0 Å². The lowest BCUT2D eigenvalue weighted by atomic mass is 9.98. The van der Waals surface area contributed by atoms with Gasteiger partial charge >= 0.3 is 0 Å². The molecule has 1 aromatic heterocycles. The molecule has 2 aromatic rings. The summed E-state index contributed by atoms with van der Waals surface area (Å²) >= 11 is 0. The Morgan fingerprint density at radius 3 is 2.95 bits per heavy atom. The molecule has 100 valence electrons. The van der Waals surface area contributed by atoms with Gasteiger partial charge in [0.05, 0.1) is 5.52 Å². The summed E-state index contributed by atoms with van der Waals surface area (Å²) in [5, 5.41) is 4.80. The van der Waals surface area contributed by atoms with Crippen LogP contribution in [0.3, 0.4) is 0 Å². The largest absolute Gasteiger partial charge is 0.310 e. The molecule has 1 unspecified atom stereocenters. The first-order valence-corrected chi connectivity index (χ1v) is 6.93. The van der Waals surface area contributed by atoms with Gasteiger partial charge in [0.2, 0.25) is 0 Å². The smallest absolute Gasteiger partial charge is 0.0702 e. The number of nitrogens with zero attached hydrogens (tertiary/aromatic N) is 1. The second-order valence-electron chi connectivity index (χ2n) is 5.12. The molecule has 0 amide bonds. The van der Waals surface area contributed by atoms with E-state index in [4.69, 9.17) is 0 Å². The van der Waals surface area contributed by atoms with Gasteiger partial charge < -0.3 is 5.32 Å². The van der Waals surface area contributed by atoms with Crippen molar-refractivity contribution in [3.05, 3.63) is 54.2 Å². The third kappa shape index (κ3) is 3.65. The van der Waals surface area contributed by atoms with Crippen molar-refractivity contribution in [1.29, 1.82) is 0 Å². The van der Waals surface area contributed by atoms with E-state index in [0.29, 0.717) is 6.04 Å². The summed E-state index contributed by atoms with van der Waals surface area (Å²) in [5.41, 5.74) is 3.58. The maximum atomic E-state index is 4.37. The van der Waals surface area contributed by atoms with Gasteiger partial charge in [0, 0.05) is 17.6 Å². The minimum atomic E-state index is 0.349. The molecule has 0 fully saturated rings. The highest BCUT2D eigenvalue weighted by Crippen LogP contribution is 2.23. The molecule has 1 N–H and O–H groups in total. The van der Waals surface area contributed by atoms with Crippen LogP contribution in [-0.4, -0.2) is 11.5 Å². The number of fused-ring (bicyclic) bond motifs is 1. The predicted octanol–water partition coefficient (Wildman–Crippen LogP) is 4.24. The van der Waals surface area contributed by atoms with E-state index in [9.17, 15) is 0 Å². The van der Waals surface area contributed by atoms with Crippen molar-refractivity contribution >= 4 is 10.9 Å². The van der Waals surface area contributed by atoms with Crippen LogP contribution in [0.4, 0.5) is 0 Å². The summed E-state index contributed by atoms with van der Waals surface area (Å²) in [4.78, 5) is 4.37. The quantitative estimate of drug-likeness (QED) is 0.780. The third-order valence-electron chi connectivity index (χ3n) is 3.22. The molecule has 0 aliphatic heterocycles. The molecule has 0 saturated heterocycles. The van der Waals surface area contributed by atoms with Crippen LogP contribution < -0.4 is 5.32 Å². The summed E-state index contributed by atoms with van der Waals surface area (Å²) in [6, 6.07) is 11.0. The zero-order chi connectivity index (χ0) is 13.7. The number of aromatic nitrogens is 1. The molecule has 1 atom stereocenters. The first-order valence-electron chi connectivity index (χ1n) is 6.93. The van der Waals surface area contributed by atoms with Gasteiger partial charge in [-0.05, 0) is 50.1 Å². The molecule has 0 radical (unpaired) electrons. The van der Waals surface area contributed by atoms with Gasteiger partial charge in [-0.15, -0.1) is 6.58 Å². The van der Waals surface area contributed by atoms with Crippen LogP contribution in [0.15, 0.2) is 48.7 Å². The highest BCUT2D eigenvalue weighted by atomic mass is 14.9. The van der Waals surface area contributed by atoms with Crippen LogP contribution in [-0.2, 0) is 0 Å². The first kappa shape index (κ1) is 13.8.